The molecule has 2 amide bonds. The SMILES string of the molecule is COc1ccccc1C(=O)NCC(=O)NCCC1=CCCCC1. The first-order valence-corrected chi connectivity index (χ1v) is 8.06. The van der Waals surface area contributed by atoms with Crippen LogP contribution in [0.25, 0.3) is 0 Å². The summed E-state index contributed by atoms with van der Waals surface area (Å²) in [5.41, 5.74) is 1.85. The molecule has 2 rings (SSSR count). The molecule has 0 spiro atoms. The van der Waals surface area contributed by atoms with E-state index in [-0.39, 0.29) is 18.4 Å². The lowest BCUT2D eigenvalue weighted by atomic mass is 9.97. The van der Waals surface area contributed by atoms with Crippen LogP contribution in [0.2, 0.25) is 0 Å². The van der Waals surface area contributed by atoms with Crippen molar-refractivity contribution < 1.29 is 14.3 Å². The van der Waals surface area contributed by atoms with E-state index >= 15 is 0 Å². The molecule has 124 valence electrons. The highest BCUT2D eigenvalue weighted by Gasteiger charge is 2.12. The van der Waals surface area contributed by atoms with Gasteiger partial charge < -0.3 is 15.4 Å². The number of ether oxygens (including phenoxy) is 1. The zero-order valence-corrected chi connectivity index (χ0v) is 13.6. The maximum Gasteiger partial charge on any atom is 0.255 e. The van der Waals surface area contributed by atoms with Gasteiger partial charge in [-0.25, -0.2) is 0 Å². The molecule has 0 unspecified atom stereocenters. The molecule has 0 saturated carbocycles. The standard InChI is InChI=1S/C18H24N2O3/c1-23-16-10-6-5-9-15(16)18(22)20-13-17(21)19-12-11-14-7-3-2-4-8-14/h5-7,9-10H,2-4,8,11-13H2,1H3,(H,19,21)(H,20,22). The molecule has 0 aliphatic heterocycles. The van der Waals surface area contributed by atoms with Gasteiger partial charge in [0.2, 0.25) is 5.91 Å². The largest absolute Gasteiger partial charge is 0.496 e. The topological polar surface area (TPSA) is 67.4 Å². The number of hydrogen-bond acceptors (Lipinski definition) is 3. The molecule has 2 N–H and O–H groups in total. The molecule has 0 aromatic heterocycles. The molecular formula is C18H24N2O3. The Morgan fingerprint density at radius 2 is 2.00 bits per heavy atom. The highest BCUT2D eigenvalue weighted by molar-refractivity contribution is 5.98. The fraction of sp³-hybridized carbons (Fsp3) is 0.444. The van der Waals surface area contributed by atoms with Crippen LogP contribution in [0.15, 0.2) is 35.9 Å². The number of carbonyl (C=O) groups excluding carboxylic acids is 2. The van der Waals surface area contributed by atoms with Gasteiger partial charge in [-0.15, -0.1) is 0 Å². The summed E-state index contributed by atoms with van der Waals surface area (Å²) < 4.78 is 5.14. The highest BCUT2D eigenvalue weighted by Crippen LogP contribution is 2.19. The van der Waals surface area contributed by atoms with Gasteiger partial charge in [-0.1, -0.05) is 23.8 Å². The van der Waals surface area contributed by atoms with Crippen LogP contribution in [-0.4, -0.2) is 32.0 Å². The number of carbonyl (C=O) groups is 2. The van der Waals surface area contributed by atoms with E-state index < -0.39 is 0 Å². The second kappa shape index (κ2) is 8.98. The Hall–Kier alpha value is -2.30. The van der Waals surface area contributed by atoms with Crippen LogP contribution in [0.5, 0.6) is 5.75 Å². The Balaban J connectivity index is 1.71. The maximum absolute atomic E-state index is 12.1. The minimum absolute atomic E-state index is 0.0318. The molecule has 1 aliphatic carbocycles. The van der Waals surface area contributed by atoms with Gasteiger partial charge in [0.1, 0.15) is 5.75 Å². The average Bonchev–Trinajstić information content (AvgIpc) is 2.60. The van der Waals surface area contributed by atoms with Crippen LogP contribution in [-0.2, 0) is 4.79 Å². The predicted octanol–water partition coefficient (Wildman–Crippen LogP) is 2.43. The van der Waals surface area contributed by atoms with Gasteiger partial charge in [0.25, 0.3) is 5.91 Å². The van der Waals surface area contributed by atoms with E-state index in [9.17, 15) is 9.59 Å². The quantitative estimate of drug-likeness (QED) is 0.759. The first kappa shape index (κ1) is 17.1. The molecule has 0 atom stereocenters. The van der Waals surface area contributed by atoms with Crippen LogP contribution < -0.4 is 15.4 Å². The van der Waals surface area contributed by atoms with Gasteiger partial charge in [-0.3, -0.25) is 9.59 Å². The third-order valence-corrected chi connectivity index (χ3v) is 3.91. The lowest BCUT2D eigenvalue weighted by molar-refractivity contribution is -0.120. The van der Waals surface area contributed by atoms with Gasteiger partial charge in [0.15, 0.2) is 0 Å². The summed E-state index contributed by atoms with van der Waals surface area (Å²) in [5.74, 6) is 0.00638. The van der Waals surface area contributed by atoms with Gasteiger partial charge in [0.05, 0.1) is 19.2 Å². The first-order valence-electron chi connectivity index (χ1n) is 8.06. The highest BCUT2D eigenvalue weighted by atomic mass is 16.5. The van der Waals surface area contributed by atoms with E-state index in [2.05, 4.69) is 16.7 Å². The Morgan fingerprint density at radius 1 is 1.17 bits per heavy atom. The summed E-state index contributed by atoms with van der Waals surface area (Å²) in [6.07, 6.45) is 7.98. The molecule has 5 heteroatoms. The summed E-state index contributed by atoms with van der Waals surface area (Å²) in [7, 11) is 1.51. The fourth-order valence-corrected chi connectivity index (χ4v) is 2.64. The van der Waals surface area contributed by atoms with Crippen molar-refractivity contribution in [3.63, 3.8) is 0 Å². The number of methoxy groups -OCH3 is 1. The van der Waals surface area contributed by atoms with E-state index in [1.54, 1.807) is 24.3 Å². The molecule has 1 aromatic carbocycles. The van der Waals surface area contributed by atoms with Crippen molar-refractivity contribution in [2.45, 2.75) is 32.1 Å². The van der Waals surface area contributed by atoms with E-state index in [0.29, 0.717) is 17.9 Å². The van der Waals surface area contributed by atoms with E-state index in [1.165, 1.54) is 25.5 Å². The van der Waals surface area contributed by atoms with E-state index in [1.807, 2.05) is 0 Å². The molecule has 0 heterocycles. The number of benzene rings is 1. The molecule has 5 nitrogen and oxygen atoms in total. The van der Waals surface area contributed by atoms with Gasteiger partial charge in [0, 0.05) is 6.54 Å². The van der Waals surface area contributed by atoms with Crippen molar-refractivity contribution in [3.05, 3.63) is 41.5 Å². The lowest BCUT2D eigenvalue weighted by Crippen LogP contribution is -2.37. The summed E-state index contributed by atoms with van der Waals surface area (Å²) in [5, 5.41) is 5.46. The van der Waals surface area contributed by atoms with Crippen LogP contribution in [0, 0.1) is 0 Å². The molecule has 0 bridgehead atoms. The number of nitrogens with one attached hydrogen (secondary N) is 2. The summed E-state index contributed by atoms with van der Waals surface area (Å²) >= 11 is 0. The minimum atomic E-state index is -0.312. The summed E-state index contributed by atoms with van der Waals surface area (Å²) in [6, 6.07) is 6.94. The van der Waals surface area contributed by atoms with Crippen molar-refractivity contribution >= 4 is 11.8 Å². The van der Waals surface area contributed by atoms with Crippen LogP contribution in [0.4, 0.5) is 0 Å². The zero-order valence-electron chi connectivity index (χ0n) is 13.6. The molecule has 23 heavy (non-hydrogen) atoms. The van der Waals surface area contributed by atoms with Crippen molar-refractivity contribution in [2.75, 3.05) is 20.2 Å². The molecule has 1 aromatic rings. The monoisotopic (exact) mass is 316 g/mol. The third kappa shape index (κ3) is 5.43. The van der Waals surface area contributed by atoms with Crippen molar-refractivity contribution in [2.24, 2.45) is 0 Å². The Labute approximate surface area is 137 Å². The summed E-state index contributed by atoms with van der Waals surface area (Å²) in [4.78, 5) is 23.9. The van der Waals surface area contributed by atoms with Crippen LogP contribution >= 0.6 is 0 Å². The Morgan fingerprint density at radius 3 is 2.74 bits per heavy atom. The molecule has 0 saturated heterocycles. The minimum Gasteiger partial charge on any atom is -0.496 e. The third-order valence-electron chi connectivity index (χ3n) is 3.91. The van der Waals surface area contributed by atoms with E-state index in [0.717, 1.165) is 19.3 Å². The number of para-hydroxylation sites is 1. The Kier molecular flexibility index (Phi) is 6.66. The molecule has 1 aliphatic rings. The van der Waals surface area contributed by atoms with Crippen molar-refractivity contribution in [1.82, 2.24) is 10.6 Å². The lowest BCUT2D eigenvalue weighted by Gasteiger charge is -2.13. The predicted molar refractivity (Wildman–Crippen MR) is 89.5 cm³/mol. The van der Waals surface area contributed by atoms with Crippen LogP contribution in [0.1, 0.15) is 42.5 Å². The van der Waals surface area contributed by atoms with Crippen LogP contribution in [0.3, 0.4) is 0 Å². The second-order valence-corrected chi connectivity index (χ2v) is 5.59. The van der Waals surface area contributed by atoms with Gasteiger partial charge in [-0.2, -0.15) is 0 Å². The van der Waals surface area contributed by atoms with Gasteiger partial charge >= 0.3 is 0 Å². The normalized spacial score (nSPS) is 13.9. The zero-order chi connectivity index (χ0) is 16.5. The number of hydrogen-bond donors (Lipinski definition) is 2. The number of rotatable bonds is 7. The van der Waals surface area contributed by atoms with Crippen molar-refractivity contribution in [3.8, 4) is 5.75 Å². The van der Waals surface area contributed by atoms with E-state index in [4.69, 9.17) is 4.74 Å². The molecule has 0 radical (unpaired) electrons. The first-order chi connectivity index (χ1) is 11.2. The average molecular weight is 316 g/mol. The number of allylic oxidation sites excluding steroid dienone is 1. The molecular weight excluding hydrogens is 292 g/mol. The van der Waals surface area contributed by atoms with Crippen molar-refractivity contribution in [1.29, 1.82) is 0 Å². The second-order valence-electron chi connectivity index (χ2n) is 5.59. The smallest absolute Gasteiger partial charge is 0.255 e. The maximum atomic E-state index is 12.1. The van der Waals surface area contributed by atoms with Gasteiger partial charge in [-0.05, 0) is 44.2 Å². The molecule has 0 fully saturated rings. The summed E-state index contributed by atoms with van der Waals surface area (Å²) in [6.45, 7) is 0.588. The fourth-order valence-electron chi connectivity index (χ4n) is 2.64. The number of amides is 2. The Bertz CT molecular complexity index is 581.